The lowest BCUT2D eigenvalue weighted by atomic mass is 9.98. The Morgan fingerprint density at radius 3 is 3.00 bits per heavy atom. The maximum atomic E-state index is 14.5. The van der Waals surface area contributed by atoms with Crippen LogP contribution in [0.3, 0.4) is 0 Å². The fraction of sp³-hybridized carbons (Fsp3) is 0.526. The molecule has 1 unspecified atom stereocenters. The molecule has 7 heteroatoms. The van der Waals surface area contributed by atoms with E-state index in [-0.39, 0.29) is 17.6 Å². The molecule has 0 radical (unpaired) electrons. The Bertz CT molecular complexity index is 797. The molecule has 0 spiro atoms. The molecule has 0 saturated carbocycles. The quantitative estimate of drug-likeness (QED) is 0.886. The van der Waals surface area contributed by atoms with Gasteiger partial charge in [0.05, 0.1) is 11.5 Å². The number of nitrogens with zero attached hydrogens (tertiary/aromatic N) is 3. The Kier molecular flexibility index (Phi) is 4.97. The second-order valence-corrected chi connectivity index (χ2v) is 7.13. The molecule has 2 aromatic rings. The first-order valence-corrected chi connectivity index (χ1v) is 9.46. The number of carbonyl (C=O) groups excluding carboxylic acids is 1. The van der Waals surface area contributed by atoms with Gasteiger partial charge in [-0.25, -0.2) is 4.39 Å². The van der Waals surface area contributed by atoms with E-state index in [2.05, 4.69) is 20.8 Å². The van der Waals surface area contributed by atoms with Crippen molar-refractivity contribution in [2.75, 3.05) is 18.4 Å². The second kappa shape index (κ2) is 7.53. The van der Waals surface area contributed by atoms with Crippen molar-refractivity contribution in [3.8, 4) is 11.4 Å². The lowest BCUT2D eigenvalue weighted by Crippen LogP contribution is -2.37. The first kappa shape index (κ1) is 17.1. The number of benzene rings is 1. The third-order valence-electron chi connectivity index (χ3n) is 5.25. The number of aryl methyl sites for hydroxylation is 1. The number of hydrogen-bond acceptors (Lipinski definition) is 4. The lowest BCUT2D eigenvalue weighted by molar-refractivity contribution is -0.120. The number of hydrogen-bond donors (Lipinski definition) is 2. The van der Waals surface area contributed by atoms with Crippen molar-refractivity contribution in [1.29, 1.82) is 0 Å². The molecule has 1 atom stereocenters. The zero-order chi connectivity index (χ0) is 17.9. The highest BCUT2D eigenvalue weighted by molar-refractivity contribution is 5.93. The van der Waals surface area contributed by atoms with E-state index in [1.807, 2.05) is 4.57 Å². The summed E-state index contributed by atoms with van der Waals surface area (Å²) < 4.78 is 16.5. The number of piperidine rings is 1. The second-order valence-electron chi connectivity index (χ2n) is 7.13. The number of anilines is 1. The SMILES string of the molecule is O=C(Nc1ccc(F)c(-c2nnc3n2CCCCC3)c1)C1CCCNC1. The van der Waals surface area contributed by atoms with E-state index in [0.717, 1.165) is 57.4 Å². The summed E-state index contributed by atoms with van der Waals surface area (Å²) in [5.41, 5.74) is 0.994. The number of carbonyl (C=O) groups is 1. The molecule has 1 aromatic carbocycles. The number of halogens is 1. The maximum absolute atomic E-state index is 14.5. The third-order valence-corrected chi connectivity index (χ3v) is 5.25. The largest absolute Gasteiger partial charge is 0.326 e. The number of aromatic nitrogens is 3. The summed E-state index contributed by atoms with van der Waals surface area (Å²) >= 11 is 0. The molecule has 6 nitrogen and oxygen atoms in total. The topological polar surface area (TPSA) is 71.8 Å². The van der Waals surface area contributed by atoms with Gasteiger partial charge in [0.15, 0.2) is 5.82 Å². The molecule has 1 saturated heterocycles. The van der Waals surface area contributed by atoms with Crippen LogP contribution in [-0.4, -0.2) is 33.8 Å². The molecule has 1 amide bonds. The van der Waals surface area contributed by atoms with E-state index in [0.29, 0.717) is 23.6 Å². The van der Waals surface area contributed by atoms with E-state index < -0.39 is 0 Å². The molecule has 1 aromatic heterocycles. The number of nitrogens with one attached hydrogen (secondary N) is 2. The predicted octanol–water partition coefficient (Wildman–Crippen LogP) is 2.75. The van der Waals surface area contributed by atoms with Crippen molar-refractivity contribution in [2.24, 2.45) is 5.92 Å². The molecule has 0 aliphatic carbocycles. The van der Waals surface area contributed by atoms with Gasteiger partial charge in [0.25, 0.3) is 0 Å². The normalized spacial score (nSPS) is 20.3. The summed E-state index contributed by atoms with van der Waals surface area (Å²) in [4.78, 5) is 12.5. The molecule has 3 heterocycles. The van der Waals surface area contributed by atoms with E-state index >= 15 is 0 Å². The van der Waals surface area contributed by atoms with Gasteiger partial charge in [-0.15, -0.1) is 10.2 Å². The average molecular weight is 357 g/mol. The monoisotopic (exact) mass is 357 g/mol. The van der Waals surface area contributed by atoms with Crippen LogP contribution in [-0.2, 0) is 17.8 Å². The highest BCUT2D eigenvalue weighted by atomic mass is 19.1. The minimum Gasteiger partial charge on any atom is -0.326 e. The Hall–Kier alpha value is -2.28. The summed E-state index contributed by atoms with van der Waals surface area (Å²) in [6.07, 6.45) is 6.04. The predicted molar refractivity (Wildman–Crippen MR) is 97.2 cm³/mol. The smallest absolute Gasteiger partial charge is 0.228 e. The van der Waals surface area contributed by atoms with Gasteiger partial charge in [-0.05, 0) is 50.4 Å². The molecule has 2 aliphatic heterocycles. The van der Waals surface area contributed by atoms with Gasteiger partial charge in [0.2, 0.25) is 5.91 Å². The summed E-state index contributed by atoms with van der Waals surface area (Å²) in [6.45, 7) is 2.46. The Balaban J connectivity index is 1.59. The summed E-state index contributed by atoms with van der Waals surface area (Å²) in [6, 6.07) is 4.67. The average Bonchev–Trinajstić information content (AvgIpc) is 2.92. The first-order valence-electron chi connectivity index (χ1n) is 9.46. The van der Waals surface area contributed by atoms with Crippen LogP contribution >= 0.6 is 0 Å². The van der Waals surface area contributed by atoms with Gasteiger partial charge >= 0.3 is 0 Å². The minimum absolute atomic E-state index is 0.0187. The van der Waals surface area contributed by atoms with Crippen LogP contribution in [0.1, 0.15) is 37.9 Å². The summed E-state index contributed by atoms with van der Waals surface area (Å²) in [7, 11) is 0. The number of rotatable bonds is 3. The molecule has 4 rings (SSSR count). The van der Waals surface area contributed by atoms with Gasteiger partial charge in [0.1, 0.15) is 11.6 Å². The van der Waals surface area contributed by atoms with Crippen molar-refractivity contribution < 1.29 is 9.18 Å². The summed E-state index contributed by atoms with van der Waals surface area (Å²) in [5.74, 6) is 1.06. The van der Waals surface area contributed by atoms with Crippen LogP contribution in [0, 0.1) is 11.7 Å². The van der Waals surface area contributed by atoms with Crippen LogP contribution in [0.5, 0.6) is 0 Å². The third kappa shape index (κ3) is 3.49. The van der Waals surface area contributed by atoms with Crippen LogP contribution < -0.4 is 10.6 Å². The van der Waals surface area contributed by atoms with Crippen molar-refractivity contribution in [2.45, 2.75) is 45.1 Å². The number of amides is 1. The Labute approximate surface area is 152 Å². The zero-order valence-corrected chi connectivity index (χ0v) is 14.8. The van der Waals surface area contributed by atoms with Crippen molar-refractivity contribution in [1.82, 2.24) is 20.1 Å². The van der Waals surface area contributed by atoms with Gasteiger partial charge < -0.3 is 15.2 Å². The van der Waals surface area contributed by atoms with E-state index in [1.165, 1.54) is 6.07 Å². The molecule has 2 N–H and O–H groups in total. The highest BCUT2D eigenvalue weighted by Crippen LogP contribution is 2.28. The molecule has 0 bridgehead atoms. The lowest BCUT2D eigenvalue weighted by Gasteiger charge is -2.22. The molecular weight excluding hydrogens is 333 g/mol. The highest BCUT2D eigenvalue weighted by Gasteiger charge is 2.22. The van der Waals surface area contributed by atoms with E-state index in [4.69, 9.17) is 0 Å². The fourth-order valence-corrected chi connectivity index (χ4v) is 3.78. The standard InChI is InChI=1S/C19H24FN5O/c20-16-8-7-14(22-19(26)13-5-4-9-21-12-13)11-15(16)18-24-23-17-6-2-1-3-10-25(17)18/h7-8,11,13,21H,1-6,9-10,12H2,(H,22,26). The van der Waals surface area contributed by atoms with Gasteiger partial charge in [-0.3, -0.25) is 4.79 Å². The van der Waals surface area contributed by atoms with Crippen LogP contribution in [0.2, 0.25) is 0 Å². The van der Waals surface area contributed by atoms with Crippen LogP contribution in [0.15, 0.2) is 18.2 Å². The van der Waals surface area contributed by atoms with Crippen molar-refractivity contribution >= 4 is 11.6 Å². The first-order chi connectivity index (χ1) is 12.7. The van der Waals surface area contributed by atoms with E-state index in [9.17, 15) is 9.18 Å². The molecule has 1 fully saturated rings. The van der Waals surface area contributed by atoms with Gasteiger partial charge in [-0.2, -0.15) is 0 Å². The van der Waals surface area contributed by atoms with Gasteiger partial charge in [0, 0.05) is 25.2 Å². The van der Waals surface area contributed by atoms with Crippen molar-refractivity contribution in [3.05, 3.63) is 29.8 Å². The summed E-state index contributed by atoms with van der Waals surface area (Å²) in [5, 5.41) is 14.7. The Morgan fingerprint density at radius 2 is 2.15 bits per heavy atom. The van der Waals surface area contributed by atoms with Gasteiger partial charge in [-0.1, -0.05) is 6.42 Å². The maximum Gasteiger partial charge on any atom is 0.228 e. The molecule has 2 aliphatic rings. The molecule has 26 heavy (non-hydrogen) atoms. The number of fused-ring (bicyclic) bond motifs is 1. The molecular formula is C19H24FN5O. The fourth-order valence-electron chi connectivity index (χ4n) is 3.78. The van der Waals surface area contributed by atoms with Crippen LogP contribution in [0.25, 0.3) is 11.4 Å². The van der Waals surface area contributed by atoms with E-state index in [1.54, 1.807) is 12.1 Å². The minimum atomic E-state index is -0.346. The Morgan fingerprint density at radius 1 is 1.23 bits per heavy atom. The van der Waals surface area contributed by atoms with Crippen molar-refractivity contribution in [3.63, 3.8) is 0 Å². The zero-order valence-electron chi connectivity index (χ0n) is 14.8. The van der Waals surface area contributed by atoms with Crippen LogP contribution in [0.4, 0.5) is 10.1 Å². The molecule has 138 valence electrons.